The smallest absolute Gasteiger partial charge is 0.255 e. The molecule has 122 valence electrons. The van der Waals surface area contributed by atoms with Gasteiger partial charge in [0.2, 0.25) is 10.0 Å². The van der Waals surface area contributed by atoms with Crippen LogP contribution in [0.4, 0.5) is 5.69 Å². The maximum absolute atomic E-state index is 12.3. The SMILES string of the molecule is CC(C)(C)NS(=O)(=O)c1cccc(C(=O)Nc2cccnc2)c1. The van der Waals surface area contributed by atoms with Crippen LogP contribution in [0, 0.1) is 0 Å². The third-order valence-corrected chi connectivity index (χ3v) is 4.52. The van der Waals surface area contributed by atoms with Gasteiger partial charge in [0.25, 0.3) is 5.91 Å². The first-order chi connectivity index (χ1) is 10.7. The Balaban J connectivity index is 2.24. The summed E-state index contributed by atoms with van der Waals surface area (Å²) in [7, 11) is -3.69. The predicted octanol–water partition coefficient (Wildman–Crippen LogP) is 2.41. The number of amides is 1. The van der Waals surface area contributed by atoms with Gasteiger partial charge in [0.05, 0.1) is 16.8 Å². The molecule has 0 saturated carbocycles. The first-order valence-corrected chi connectivity index (χ1v) is 8.51. The van der Waals surface area contributed by atoms with Crippen LogP contribution in [0.3, 0.4) is 0 Å². The van der Waals surface area contributed by atoms with Gasteiger partial charge in [-0.05, 0) is 51.1 Å². The minimum atomic E-state index is -3.69. The van der Waals surface area contributed by atoms with Crippen molar-refractivity contribution in [2.24, 2.45) is 0 Å². The molecule has 1 aromatic heterocycles. The van der Waals surface area contributed by atoms with Crippen LogP contribution in [0.15, 0.2) is 53.7 Å². The highest BCUT2D eigenvalue weighted by Gasteiger charge is 2.22. The summed E-state index contributed by atoms with van der Waals surface area (Å²) < 4.78 is 27.2. The number of sulfonamides is 1. The van der Waals surface area contributed by atoms with Crippen molar-refractivity contribution >= 4 is 21.6 Å². The number of carbonyl (C=O) groups is 1. The summed E-state index contributed by atoms with van der Waals surface area (Å²) in [6.45, 7) is 5.26. The van der Waals surface area contributed by atoms with Gasteiger partial charge in [-0.3, -0.25) is 9.78 Å². The lowest BCUT2D eigenvalue weighted by atomic mass is 10.1. The van der Waals surface area contributed by atoms with E-state index in [0.717, 1.165) is 0 Å². The summed E-state index contributed by atoms with van der Waals surface area (Å²) in [5.74, 6) is -0.397. The van der Waals surface area contributed by atoms with Gasteiger partial charge < -0.3 is 5.32 Å². The Bertz CT molecular complexity index is 797. The summed E-state index contributed by atoms with van der Waals surface area (Å²) in [4.78, 5) is 16.2. The number of hydrogen-bond acceptors (Lipinski definition) is 4. The molecule has 0 aliphatic heterocycles. The number of hydrogen-bond donors (Lipinski definition) is 2. The van der Waals surface area contributed by atoms with Gasteiger partial charge in [0.1, 0.15) is 0 Å². The van der Waals surface area contributed by atoms with Crippen LogP contribution in [-0.4, -0.2) is 24.8 Å². The standard InChI is InChI=1S/C16H19N3O3S/c1-16(2,3)19-23(21,22)14-8-4-6-12(10-14)15(20)18-13-7-5-9-17-11-13/h4-11,19H,1-3H3,(H,18,20). The maximum atomic E-state index is 12.3. The second-order valence-electron chi connectivity index (χ2n) is 6.08. The highest BCUT2D eigenvalue weighted by atomic mass is 32.2. The Labute approximate surface area is 136 Å². The van der Waals surface area contributed by atoms with Crippen LogP contribution in [0.1, 0.15) is 31.1 Å². The van der Waals surface area contributed by atoms with Crippen molar-refractivity contribution in [1.82, 2.24) is 9.71 Å². The number of nitrogens with one attached hydrogen (secondary N) is 2. The van der Waals surface area contributed by atoms with Gasteiger partial charge >= 0.3 is 0 Å². The second-order valence-corrected chi connectivity index (χ2v) is 7.76. The average molecular weight is 333 g/mol. The molecule has 1 aromatic carbocycles. The van der Waals surface area contributed by atoms with E-state index in [2.05, 4.69) is 15.0 Å². The van der Waals surface area contributed by atoms with Crippen LogP contribution >= 0.6 is 0 Å². The zero-order chi connectivity index (χ0) is 17.1. The van der Waals surface area contributed by atoms with Crippen molar-refractivity contribution in [3.63, 3.8) is 0 Å². The molecule has 2 aromatic rings. The summed E-state index contributed by atoms with van der Waals surface area (Å²) in [5, 5.41) is 2.67. The van der Waals surface area contributed by atoms with Crippen molar-refractivity contribution < 1.29 is 13.2 Å². The maximum Gasteiger partial charge on any atom is 0.255 e. The molecule has 23 heavy (non-hydrogen) atoms. The van der Waals surface area contributed by atoms with Crippen molar-refractivity contribution in [1.29, 1.82) is 0 Å². The van der Waals surface area contributed by atoms with Crippen molar-refractivity contribution in [2.45, 2.75) is 31.2 Å². The van der Waals surface area contributed by atoms with E-state index < -0.39 is 21.5 Å². The molecule has 0 radical (unpaired) electrons. The van der Waals surface area contributed by atoms with E-state index in [4.69, 9.17) is 0 Å². The van der Waals surface area contributed by atoms with Crippen LogP contribution in [-0.2, 0) is 10.0 Å². The van der Waals surface area contributed by atoms with Crippen molar-refractivity contribution in [3.05, 3.63) is 54.4 Å². The molecular formula is C16H19N3O3S. The Morgan fingerprint density at radius 1 is 1.13 bits per heavy atom. The molecule has 0 spiro atoms. The van der Waals surface area contributed by atoms with Gasteiger partial charge in [-0.1, -0.05) is 6.07 Å². The fraction of sp³-hybridized carbons (Fsp3) is 0.250. The van der Waals surface area contributed by atoms with Crippen molar-refractivity contribution in [2.75, 3.05) is 5.32 Å². The minimum Gasteiger partial charge on any atom is -0.321 e. The second kappa shape index (κ2) is 6.47. The number of benzene rings is 1. The molecule has 0 aliphatic rings. The molecule has 0 fully saturated rings. The first kappa shape index (κ1) is 17.1. The van der Waals surface area contributed by atoms with Crippen LogP contribution in [0.2, 0.25) is 0 Å². The monoisotopic (exact) mass is 333 g/mol. The number of carbonyl (C=O) groups excluding carboxylic acids is 1. The fourth-order valence-corrected chi connectivity index (χ4v) is 3.37. The zero-order valence-electron chi connectivity index (χ0n) is 13.2. The zero-order valence-corrected chi connectivity index (χ0v) is 14.0. The van der Waals surface area contributed by atoms with E-state index in [9.17, 15) is 13.2 Å². The lowest BCUT2D eigenvalue weighted by Crippen LogP contribution is -2.40. The van der Waals surface area contributed by atoms with E-state index in [1.807, 2.05) is 0 Å². The molecule has 7 heteroatoms. The summed E-state index contributed by atoms with van der Waals surface area (Å²) in [5.41, 5.74) is 0.191. The number of aromatic nitrogens is 1. The van der Waals surface area contributed by atoms with E-state index in [1.165, 1.54) is 24.4 Å². The molecule has 0 unspecified atom stereocenters. The molecule has 6 nitrogen and oxygen atoms in total. The van der Waals surface area contributed by atoms with Crippen LogP contribution < -0.4 is 10.0 Å². The van der Waals surface area contributed by atoms with Gasteiger partial charge in [-0.2, -0.15) is 0 Å². The molecule has 1 amide bonds. The van der Waals surface area contributed by atoms with Gasteiger partial charge in [0, 0.05) is 17.3 Å². The average Bonchev–Trinajstić information content (AvgIpc) is 2.46. The number of anilines is 1. The number of rotatable bonds is 4. The highest BCUT2D eigenvalue weighted by Crippen LogP contribution is 2.16. The largest absolute Gasteiger partial charge is 0.321 e. The van der Waals surface area contributed by atoms with Gasteiger partial charge in [0.15, 0.2) is 0 Å². The third kappa shape index (κ3) is 4.87. The van der Waals surface area contributed by atoms with Gasteiger partial charge in [-0.25, -0.2) is 13.1 Å². The first-order valence-electron chi connectivity index (χ1n) is 7.03. The normalized spacial score (nSPS) is 12.0. The molecule has 0 saturated heterocycles. The van der Waals surface area contributed by atoms with Gasteiger partial charge in [-0.15, -0.1) is 0 Å². The Kier molecular flexibility index (Phi) is 4.82. The number of nitrogens with zero attached hydrogens (tertiary/aromatic N) is 1. The Morgan fingerprint density at radius 3 is 2.48 bits per heavy atom. The fourth-order valence-electron chi connectivity index (χ4n) is 1.91. The predicted molar refractivity (Wildman–Crippen MR) is 88.7 cm³/mol. The molecule has 0 bridgehead atoms. The molecule has 2 N–H and O–H groups in total. The highest BCUT2D eigenvalue weighted by molar-refractivity contribution is 7.89. The van der Waals surface area contributed by atoms with E-state index in [-0.39, 0.29) is 10.5 Å². The Morgan fingerprint density at radius 2 is 1.87 bits per heavy atom. The van der Waals surface area contributed by atoms with E-state index in [0.29, 0.717) is 5.69 Å². The molecule has 2 rings (SSSR count). The number of pyridine rings is 1. The quantitative estimate of drug-likeness (QED) is 0.899. The lowest BCUT2D eigenvalue weighted by Gasteiger charge is -2.20. The third-order valence-electron chi connectivity index (χ3n) is 2.77. The molecule has 0 atom stereocenters. The van der Waals surface area contributed by atoms with E-state index >= 15 is 0 Å². The van der Waals surface area contributed by atoms with E-state index in [1.54, 1.807) is 45.2 Å². The lowest BCUT2D eigenvalue weighted by molar-refractivity contribution is 0.102. The Hall–Kier alpha value is -2.25. The summed E-state index contributed by atoms with van der Waals surface area (Å²) in [6, 6.07) is 9.29. The molecule has 1 heterocycles. The summed E-state index contributed by atoms with van der Waals surface area (Å²) >= 11 is 0. The summed E-state index contributed by atoms with van der Waals surface area (Å²) in [6.07, 6.45) is 3.11. The van der Waals surface area contributed by atoms with Crippen LogP contribution in [0.25, 0.3) is 0 Å². The molecule has 0 aliphatic carbocycles. The van der Waals surface area contributed by atoms with Crippen LogP contribution in [0.5, 0.6) is 0 Å². The molecular weight excluding hydrogens is 314 g/mol. The minimum absolute atomic E-state index is 0.0475. The topological polar surface area (TPSA) is 88.2 Å². The van der Waals surface area contributed by atoms with Crippen molar-refractivity contribution in [3.8, 4) is 0 Å².